The molecule has 98 valence electrons. The number of rotatable bonds is 2. The van der Waals surface area contributed by atoms with E-state index in [2.05, 4.69) is 0 Å². The summed E-state index contributed by atoms with van der Waals surface area (Å²) in [5.74, 6) is 0.669. The zero-order chi connectivity index (χ0) is 12.5. The largest absolute Gasteiger partial charge is 0.388 e. The molecule has 4 heteroatoms. The Morgan fingerprint density at radius 1 is 1.47 bits per heavy atom. The van der Waals surface area contributed by atoms with Crippen molar-refractivity contribution in [3.05, 3.63) is 0 Å². The predicted molar refractivity (Wildman–Crippen MR) is 66.3 cm³/mol. The molecule has 0 aromatic rings. The van der Waals surface area contributed by atoms with E-state index in [9.17, 15) is 9.90 Å². The minimum Gasteiger partial charge on any atom is -0.388 e. The number of amides is 1. The lowest BCUT2D eigenvalue weighted by atomic mass is 9.78. The van der Waals surface area contributed by atoms with Gasteiger partial charge in [-0.05, 0) is 38.6 Å². The first-order valence-corrected chi connectivity index (χ1v) is 6.75. The van der Waals surface area contributed by atoms with Crippen molar-refractivity contribution >= 4 is 5.91 Å². The second kappa shape index (κ2) is 4.94. The molecule has 0 bridgehead atoms. The van der Waals surface area contributed by atoms with E-state index in [-0.39, 0.29) is 11.8 Å². The average molecular weight is 240 g/mol. The van der Waals surface area contributed by atoms with Gasteiger partial charge in [0.15, 0.2) is 0 Å². The number of nitrogens with two attached hydrogens (primary N) is 1. The first-order valence-electron chi connectivity index (χ1n) is 6.75. The first kappa shape index (κ1) is 12.8. The monoisotopic (exact) mass is 240 g/mol. The van der Waals surface area contributed by atoms with Crippen LogP contribution < -0.4 is 5.73 Å². The SMILES string of the molecule is CC1(O)CCN(C(=O)C2CCCCC2CN)C1. The normalized spacial score (nSPS) is 38.4. The molecule has 3 unspecified atom stereocenters. The smallest absolute Gasteiger partial charge is 0.226 e. The van der Waals surface area contributed by atoms with E-state index in [0.717, 1.165) is 19.3 Å². The second-order valence-electron chi connectivity index (χ2n) is 5.89. The number of likely N-dealkylation sites (tertiary alicyclic amines) is 1. The average Bonchev–Trinajstić information content (AvgIpc) is 2.68. The van der Waals surface area contributed by atoms with Crippen molar-refractivity contribution in [3.8, 4) is 0 Å². The highest BCUT2D eigenvalue weighted by Crippen LogP contribution is 2.32. The number of hydrogen-bond donors (Lipinski definition) is 2. The fourth-order valence-electron chi connectivity index (χ4n) is 3.18. The van der Waals surface area contributed by atoms with E-state index >= 15 is 0 Å². The highest BCUT2D eigenvalue weighted by atomic mass is 16.3. The van der Waals surface area contributed by atoms with Crippen LogP contribution in [0.2, 0.25) is 0 Å². The van der Waals surface area contributed by atoms with Crippen LogP contribution in [-0.4, -0.2) is 41.1 Å². The summed E-state index contributed by atoms with van der Waals surface area (Å²) < 4.78 is 0. The van der Waals surface area contributed by atoms with Crippen molar-refractivity contribution in [3.63, 3.8) is 0 Å². The molecule has 4 nitrogen and oxygen atoms in total. The molecular formula is C13H24N2O2. The van der Waals surface area contributed by atoms with Gasteiger partial charge in [0.1, 0.15) is 0 Å². The molecule has 2 rings (SSSR count). The van der Waals surface area contributed by atoms with E-state index in [1.54, 1.807) is 0 Å². The third-order valence-electron chi connectivity index (χ3n) is 4.29. The van der Waals surface area contributed by atoms with Crippen molar-refractivity contribution in [2.24, 2.45) is 17.6 Å². The number of nitrogens with zero attached hydrogens (tertiary/aromatic N) is 1. The van der Waals surface area contributed by atoms with Gasteiger partial charge in [-0.2, -0.15) is 0 Å². The van der Waals surface area contributed by atoms with Crippen LogP contribution in [0.25, 0.3) is 0 Å². The second-order valence-corrected chi connectivity index (χ2v) is 5.89. The van der Waals surface area contributed by atoms with Gasteiger partial charge in [-0.15, -0.1) is 0 Å². The zero-order valence-electron chi connectivity index (χ0n) is 10.7. The van der Waals surface area contributed by atoms with Crippen molar-refractivity contribution in [1.82, 2.24) is 4.90 Å². The zero-order valence-corrected chi connectivity index (χ0v) is 10.7. The molecule has 3 N–H and O–H groups in total. The molecule has 0 aromatic heterocycles. The quantitative estimate of drug-likeness (QED) is 0.748. The van der Waals surface area contributed by atoms with Gasteiger partial charge in [-0.25, -0.2) is 0 Å². The van der Waals surface area contributed by atoms with Crippen LogP contribution in [0.1, 0.15) is 39.0 Å². The highest BCUT2D eigenvalue weighted by molar-refractivity contribution is 5.79. The van der Waals surface area contributed by atoms with Crippen LogP contribution in [0.5, 0.6) is 0 Å². The summed E-state index contributed by atoms with van der Waals surface area (Å²) in [4.78, 5) is 14.2. The molecule has 1 saturated heterocycles. The molecule has 1 aliphatic carbocycles. The standard InChI is InChI=1S/C13H24N2O2/c1-13(17)6-7-15(9-13)12(16)11-5-3-2-4-10(11)8-14/h10-11,17H,2-9,14H2,1H3. The number of carbonyl (C=O) groups is 1. The van der Waals surface area contributed by atoms with Crippen LogP contribution in [0.3, 0.4) is 0 Å². The molecule has 2 aliphatic rings. The van der Waals surface area contributed by atoms with E-state index in [1.165, 1.54) is 6.42 Å². The third kappa shape index (κ3) is 2.80. The van der Waals surface area contributed by atoms with Gasteiger partial charge in [0, 0.05) is 19.0 Å². The minimum atomic E-state index is -0.692. The van der Waals surface area contributed by atoms with Gasteiger partial charge in [0.05, 0.1) is 5.60 Å². The summed E-state index contributed by atoms with van der Waals surface area (Å²) in [6.45, 7) is 3.60. The lowest BCUT2D eigenvalue weighted by molar-refractivity contribution is -0.138. The summed E-state index contributed by atoms with van der Waals surface area (Å²) in [7, 11) is 0. The summed E-state index contributed by atoms with van der Waals surface area (Å²) in [6, 6.07) is 0. The van der Waals surface area contributed by atoms with Crippen molar-refractivity contribution < 1.29 is 9.90 Å². The Hall–Kier alpha value is -0.610. The van der Waals surface area contributed by atoms with E-state index in [4.69, 9.17) is 5.73 Å². The van der Waals surface area contributed by atoms with Crippen LogP contribution >= 0.6 is 0 Å². The molecule has 1 heterocycles. The van der Waals surface area contributed by atoms with Gasteiger partial charge in [-0.1, -0.05) is 12.8 Å². The van der Waals surface area contributed by atoms with E-state index in [1.807, 2.05) is 11.8 Å². The summed E-state index contributed by atoms with van der Waals surface area (Å²) in [5.41, 5.74) is 5.07. The fraction of sp³-hybridized carbons (Fsp3) is 0.923. The maximum atomic E-state index is 12.4. The lowest BCUT2D eigenvalue weighted by Crippen LogP contribution is -2.42. The van der Waals surface area contributed by atoms with Crippen molar-refractivity contribution in [1.29, 1.82) is 0 Å². The van der Waals surface area contributed by atoms with Gasteiger partial charge in [-0.3, -0.25) is 4.79 Å². The Morgan fingerprint density at radius 2 is 2.18 bits per heavy atom. The molecule has 3 atom stereocenters. The van der Waals surface area contributed by atoms with Crippen LogP contribution in [0.4, 0.5) is 0 Å². The maximum Gasteiger partial charge on any atom is 0.226 e. The van der Waals surface area contributed by atoms with Crippen molar-refractivity contribution in [2.75, 3.05) is 19.6 Å². The molecule has 1 saturated carbocycles. The van der Waals surface area contributed by atoms with Crippen LogP contribution in [0.15, 0.2) is 0 Å². The number of β-amino-alcohol motifs (C(OH)–C–C–N with tert-alkyl or cyclic N) is 1. The predicted octanol–water partition coefficient (Wildman–Crippen LogP) is 0.735. The molecular weight excluding hydrogens is 216 g/mol. The molecule has 1 amide bonds. The minimum absolute atomic E-state index is 0.0997. The van der Waals surface area contributed by atoms with Crippen molar-refractivity contribution in [2.45, 2.75) is 44.6 Å². The molecule has 17 heavy (non-hydrogen) atoms. The Labute approximate surface area is 103 Å². The first-order chi connectivity index (χ1) is 8.03. The van der Waals surface area contributed by atoms with Gasteiger partial charge >= 0.3 is 0 Å². The van der Waals surface area contributed by atoms with Crippen LogP contribution in [-0.2, 0) is 4.79 Å². The molecule has 0 radical (unpaired) electrons. The summed E-state index contributed by atoms with van der Waals surface area (Å²) >= 11 is 0. The topological polar surface area (TPSA) is 66.6 Å². The highest BCUT2D eigenvalue weighted by Gasteiger charge is 2.39. The Morgan fingerprint density at radius 3 is 2.76 bits per heavy atom. The summed E-state index contributed by atoms with van der Waals surface area (Å²) in [5, 5.41) is 9.92. The number of carbonyl (C=O) groups excluding carboxylic acids is 1. The number of aliphatic hydroxyl groups is 1. The maximum absolute atomic E-state index is 12.4. The van der Waals surface area contributed by atoms with Gasteiger partial charge in [0.25, 0.3) is 0 Å². The van der Waals surface area contributed by atoms with Gasteiger partial charge in [0.2, 0.25) is 5.91 Å². The molecule has 0 spiro atoms. The fourth-order valence-corrected chi connectivity index (χ4v) is 3.18. The molecule has 0 aromatic carbocycles. The van der Waals surface area contributed by atoms with E-state index in [0.29, 0.717) is 32.0 Å². The summed E-state index contributed by atoms with van der Waals surface area (Å²) in [6.07, 6.45) is 5.08. The Kier molecular flexibility index (Phi) is 3.73. The number of hydrogen-bond acceptors (Lipinski definition) is 3. The van der Waals surface area contributed by atoms with Gasteiger partial charge < -0.3 is 15.7 Å². The van der Waals surface area contributed by atoms with Crippen LogP contribution in [0, 0.1) is 11.8 Å². The van der Waals surface area contributed by atoms with E-state index < -0.39 is 5.60 Å². The molecule has 1 aliphatic heterocycles. The lowest BCUT2D eigenvalue weighted by Gasteiger charge is -2.32. The Balaban J connectivity index is 1.99. The Bertz CT molecular complexity index is 291. The third-order valence-corrected chi connectivity index (χ3v) is 4.29. The molecule has 2 fully saturated rings.